The van der Waals surface area contributed by atoms with Gasteiger partial charge in [-0.1, -0.05) is 0 Å². The molecular weight excluding hydrogens is 305 g/mol. The fraction of sp³-hybridized carbons (Fsp3) is 0.250. The summed E-state index contributed by atoms with van der Waals surface area (Å²) in [6.45, 7) is 0. The number of hydrogen-bond acceptors (Lipinski definition) is 2. The molecule has 1 N–H and O–H groups in total. The van der Waals surface area contributed by atoms with Crippen molar-refractivity contribution < 1.29 is 8.78 Å². The summed E-state index contributed by atoms with van der Waals surface area (Å²) in [5.74, 6) is 0. The number of alkyl halides is 2. The van der Waals surface area contributed by atoms with Crippen LogP contribution in [0.25, 0.3) is 0 Å². The lowest BCUT2D eigenvalue weighted by atomic mass is 10.1. The number of nitrogens with zero attached hydrogens (tertiary/aromatic N) is 1. The molecule has 0 radical (unpaired) electrons. The Hall–Kier alpha value is -0.970. The Morgan fingerprint density at radius 3 is 2.79 bits per heavy atom. The third kappa shape index (κ3) is 2.29. The van der Waals surface area contributed by atoms with E-state index in [0.29, 0.717) is 9.26 Å². The van der Waals surface area contributed by atoms with E-state index in [9.17, 15) is 13.6 Å². The summed E-state index contributed by atoms with van der Waals surface area (Å²) in [6.07, 6.45) is -2.80. The summed E-state index contributed by atoms with van der Waals surface area (Å²) in [6, 6.07) is 2.92. The number of aromatic amines is 1. The zero-order valence-electron chi connectivity index (χ0n) is 6.85. The van der Waals surface area contributed by atoms with Crippen LogP contribution >= 0.6 is 22.6 Å². The van der Waals surface area contributed by atoms with Gasteiger partial charge in [-0.25, -0.2) is 8.78 Å². The lowest BCUT2D eigenvalue weighted by molar-refractivity contribution is 0.149. The van der Waals surface area contributed by atoms with Crippen LogP contribution in [0.15, 0.2) is 10.9 Å². The first-order valence-corrected chi connectivity index (χ1v) is 4.71. The quantitative estimate of drug-likeness (QED) is 0.671. The maximum absolute atomic E-state index is 12.3. The highest BCUT2D eigenvalue weighted by Crippen LogP contribution is 2.17. The van der Waals surface area contributed by atoms with Crippen molar-refractivity contribution in [3.63, 3.8) is 0 Å². The predicted molar refractivity (Wildman–Crippen MR) is 54.1 cm³/mol. The van der Waals surface area contributed by atoms with Gasteiger partial charge in [0.05, 0.1) is 21.8 Å². The number of nitrogens with one attached hydrogen (secondary N) is 1. The molecule has 0 aromatic carbocycles. The van der Waals surface area contributed by atoms with E-state index < -0.39 is 17.5 Å². The maximum Gasteiger partial charge on any atom is 0.269 e. The Kier molecular flexibility index (Phi) is 3.57. The SMILES string of the molecule is N#CCc1cc(C(F)F)c(=O)[nH]c1I. The molecule has 0 unspecified atom stereocenters. The molecular formula is C8H5F2IN2O. The van der Waals surface area contributed by atoms with E-state index in [4.69, 9.17) is 5.26 Å². The number of nitriles is 1. The summed E-state index contributed by atoms with van der Waals surface area (Å²) in [5, 5.41) is 8.41. The lowest BCUT2D eigenvalue weighted by Gasteiger charge is -2.03. The normalized spacial score (nSPS) is 10.2. The monoisotopic (exact) mass is 310 g/mol. The zero-order valence-corrected chi connectivity index (χ0v) is 9.01. The average molecular weight is 310 g/mol. The highest BCUT2D eigenvalue weighted by Gasteiger charge is 2.14. The third-order valence-corrected chi connectivity index (χ3v) is 2.56. The Bertz CT molecular complexity index is 436. The molecule has 1 aromatic heterocycles. The molecule has 0 aliphatic carbocycles. The largest absolute Gasteiger partial charge is 0.317 e. The van der Waals surface area contributed by atoms with E-state index >= 15 is 0 Å². The number of aromatic nitrogens is 1. The minimum atomic E-state index is -2.81. The first-order valence-electron chi connectivity index (χ1n) is 3.63. The van der Waals surface area contributed by atoms with E-state index in [1.54, 1.807) is 22.6 Å². The highest BCUT2D eigenvalue weighted by molar-refractivity contribution is 14.1. The van der Waals surface area contributed by atoms with Crippen LogP contribution < -0.4 is 5.56 Å². The van der Waals surface area contributed by atoms with Crippen LogP contribution in [0.2, 0.25) is 0 Å². The van der Waals surface area contributed by atoms with E-state index in [1.165, 1.54) is 0 Å². The van der Waals surface area contributed by atoms with Crippen LogP contribution in [0.1, 0.15) is 17.6 Å². The van der Waals surface area contributed by atoms with Crippen molar-refractivity contribution in [3.05, 3.63) is 31.2 Å². The van der Waals surface area contributed by atoms with Crippen molar-refractivity contribution in [1.82, 2.24) is 4.98 Å². The fourth-order valence-corrected chi connectivity index (χ4v) is 1.54. The molecule has 0 amide bonds. The minimum Gasteiger partial charge on any atom is -0.317 e. The third-order valence-electron chi connectivity index (χ3n) is 1.60. The summed E-state index contributed by atoms with van der Waals surface area (Å²) in [7, 11) is 0. The van der Waals surface area contributed by atoms with Gasteiger partial charge >= 0.3 is 0 Å². The molecule has 1 rings (SSSR count). The number of H-pyrrole nitrogens is 1. The van der Waals surface area contributed by atoms with Gasteiger partial charge in [0.15, 0.2) is 0 Å². The van der Waals surface area contributed by atoms with Crippen molar-refractivity contribution >= 4 is 22.6 Å². The van der Waals surface area contributed by atoms with Crippen molar-refractivity contribution in [2.45, 2.75) is 12.8 Å². The molecule has 0 bridgehead atoms. The molecule has 3 nitrogen and oxygen atoms in total. The van der Waals surface area contributed by atoms with Crippen molar-refractivity contribution in [3.8, 4) is 6.07 Å². The molecule has 14 heavy (non-hydrogen) atoms. The molecule has 0 aliphatic heterocycles. The van der Waals surface area contributed by atoms with Gasteiger partial charge in [-0.15, -0.1) is 0 Å². The summed E-state index contributed by atoms with van der Waals surface area (Å²) < 4.78 is 25.0. The molecule has 0 aliphatic rings. The standard InChI is InChI=1S/C8H5F2IN2O/c9-6(10)5-3-4(1-2-12)7(11)13-8(5)14/h3,6H,1H2,(H,13,14). The summed E-state index contributed by atoms with van der Waals surface area (Å²) in [5.41, 5.74) is -0.968. The minimum absolute atomic E-state index is 0.00870. The van der Waals surface area contributed by atoms with E-state index in [1.807, 2.05) is 6.07 Å². The predicted octanol–water partition coefficient (Wildman–Crippen LogP) is 1.98. The summed E-state index contributed by atoms with van der Waals surface area (Å²) in [4.78, 5) is 13.3. The molecule has 6 heteroatoms. The number of pyridine rings is 1. The van der Waals surface area contributed by atoms with Gasteiger partial charge in [-0.05, 0) is 34.2 Å². The molecule has 0 atom stereocenters. The van der Waals surface area contributed by atoms with Gasteiger partial charge in [0, 0.05) is 0 Å². The lowest BCUT2D eigenvalue weighted by Crippen LogP contribution is -2.15. The Balaban J connectivity index is 3.29. The molecule has 1 heterocycles. The Morgan fingerprint density at radius 2 is 2.29 bits per heavy atom. The van der Waals surface area contributed by atoms with Crippen LogP contribution in [0.4, 0.5) is 8.78 Å². The first-order chi connectivity index (χ1) is 6.56. The second-order valence-electron chi connectivity index (χ2n) is 2.53. The van der Waals surface area contributed by atoms with Gasteiger partial charge in [-0.2, -0.15) is 5.26 Å². The smallest absolute Gasteiger partial charge is 0.269 e. The Labute approximate surface area is 91.9 Å². The van der Waals surface area contributed by atoms with Gasteiger partial charge < -0.3 is 4.98 Å². The molecule has 1 aromatic rings. The van der Waals surface area contributed by atoms with E-state index in [2.05, 4.69) is 4.98 Å². The van der Waals surface area contributed by atoms with Crippen molar-refractivity contribution in [2.75, 3.05) is 0 Å². The topological polar surface area (TPSA) is 56.6 Å². The summed E-state index contributed by atoms with van der Waals surface area (Å²) >= 11 is 1.80. The van der Waals surface area contributed by atoms with Gasteiger partial charge in [0.2, 0.25) is 0 Å². The van der Waals surface area contributed by atoms with E-state index in [-0.39, 0.29) is 6.42 Å². The maximum atomic E-state index is 12.3. The van der Waals surface area contributed by atoms with Crippen molar-refractivity contribution in [1.29, 1.82) is 5.26 Å². The molecule has 0 saturated heterocycles. The van der Waals surface area contributed by atoms with Crippen molar-refractivity contribution in [2.24, 2.45) is 0 Å². The van der Waals surface area contributed by atoms with Gasteiger partial charge in [0.25, 0.3) is 12.0 Å². The van der Waals surface area contributed by atoms with E-state index in [0.717, 1.165) is 6.07 Å². The molecule has 0 fully saturated rings. The molecule has 74 valence electrons. The number of halogens is 3. The average Bonchev–Trinajstić information content (AvgIpc) is 2.09. The van der Waals surface area contributed by atoms with Crippen LogP contribution in [0.5, 0.6) is 0 Å². The van der Waals surface area contributed by atoms with Gasteiger partial charge in [-0.3, -0.25) is 4.79 Å². The van der Waals surface area contributed by atoms with Crippen LogP contribution in [-0.2, 0) is 6.42 Å². The zero-order chi connectivity index (χ0) is 10.7. The van der Waals surface area contributed by atoms with Crippen LogP contribution in [0.3, 0.4) is 0 Å². The number of rotatable bonds is 2. The fourth-order valence-electron chi connectivity index (χ4n) is 0.945. The van der Waals surface area contributed by atoms with Gasteiger partial charge in [0.1, 0.15) is 0 Å². The van der Waals surface area contributed by atoms with Crippen LogP contribution in [0, 0.1) is 15.0 Å². The Morgan fingerprint density at radius 1 is 1.64 bits per heavy atom. The molecule has 0 saturated carbocycles. The molecule has 0 spiro atoms. The highest BCUT2D eigenvalue weighted by atomic mass is 127. The number of hydrogen-bond donors (Lipinski definition) is 1. The first kappa shape index (κ1) is 11.1. The second-order valence-corrected chi connectivity index (χ2v) is 3.61. The van der Waals surface area contributed by atoms with Crippen LogP contribution in [-0.4, -0.2) is 4.98 Å². The second kappa shape index (κ2) is 4.50.